The molecule has 1 N–H and O–H groups in total. The van der Waals surface area contributed by atoms with E-state index in [0.717, 1.165) is 26.3 Å². The lowest BCUT2D eigenvalue weighted by atomic mass is 9.83. The van der Waals surface area contributed by atoms with Crippen LogP contribution in [0.3, 0.4) is 0 Å². The van der Waals surface area contributed by atoms with E-state index in [1.165, 1.54) is 18.4 Å². The number of ether oxygens (including phenoxy) is 1. The van der Waals surface area contributed by atoms with Crippen LogP contribution >= 0.6 is 0 Å². The largest absolute Gasteiger partial charge is 0.380 e. The first-order chi connectivity index (χ1) is 10.0. The third-order valence-corrected chi connectivity index (χ3v) is 5.33. The molecule has 2 fully saturated rings. The highest BCUT2D eigenvalue weighted by molar-refractivity contribution is 5.25. The quantitative estimate of drug-likeness (QED) is 0.905. The Bertz CT molecular complexity index is 469. The number of hydrogen-bond donors (Lipinski definition) is 1. The fourth-order valence-corrected chi connectivity index (χ4v) is 3.90. The van der Waals surface area contributed by atoms with Gasteiger partial charge in [-0.05, 0) is 39.2 Å². The van der Waals surface area contributed by atoms with E-state index in [1.807, 2.05) is 0 Å². The zero-order chi connectivity index (χ0) is 14.9. The van der Waals surface area contributed by atoms with Crippen LogP contribution < -0.4 is 5.32 Å². The number of piperazine rings is 1. The number of rotatable bonds is 2. The molecule has 0 aromatic heterocycles. The van der Waals surface area contributed by atoms with Crippen LogP contribution in [0.4, 0.5) is 0 Å². The molecular weight excluding hydrogens is 260 g/mol. The fraction of sp³-hybridized carbons (Fsp3) is 0.667. The van der Waals surface area contributed by atoms with Gasteiger partial charge in [-0.25, -0.2) is 0 Å². The van der Waals surface area contributed by atoms with Crippen LogP contribution in [-0.4, -0.2) is 42.8 Å². The second-order valence-electron chi connectivity index (χ2n) is 7.21. The van der Waals surface area contributed by atoms with Crippen LogP contribution in [0.25, 0.3) is 0 Å². The summed E-state index contributed by atoms with van der Waals surface area (Å²) in [5, 5.41) is 3.77. The van der Waals surface area contributed by atoms with Crippen LogP contribution in [0, 0.1) is 0 Å². The standard InChI is InChI=1S/C18H28N2O/c1-15-12-19-18(3,16-8-5-4-6-9-16)13-20(15)17(2)10-7-11-21-14-17/h4-6,8-9,15,19H,7,10-14H2,1-3H3. The molecule has 2 heterocycles. The van der Waals surface area contributed by atoms with E-state index >= 15 is 0 Å². The lowest BCUT2D eigenvalue weighted by molar-refractivity contribution is -0.0788. The van der Waals surface area contributed by atoms with Crippen LogP contribution in [0.1, 0.15) is 39.2 Å². The van der Waals surface area contributed by atoms with Crippen molar-refractivity contribution in [3.8, 4) is 0 Å². The van der Waals surface area contributed by atoms with Crippen LogP contribution in [0.15, 0.2) is 30.3 Å². The maximum absolute atomic E-state index is 5.80. The molecule has 3 heteroatoms. The highest BCUT2D eigenvalue weighted by Gasteiger charge is 2.44. The maximum Gasteiger partial charge on any atom is 0.0647 e. The average molecular weight is 288 g/mol. The molecule has 0 saturated carbocycles. The van der Waals surface area contributed by atoms with Gasteiger partial charge in [0.2, 0.25) is 0 Å². The van der Waals surface area contributed by atoms with Crippen molar-refractivity contribution in [3.63, 3.8) is 0 Å². The number of hydrogen-bond acceptors (Lipinski definition) is 3. The molecule has 2 aliphatic rings. The molecule has 3 nitrogen and oxygen atoms in total. The summed E-state index contributed by atoms with van der Waals surface area (Å²) in [6, 6.07) is 11.4. The van der Waals surface area contributed by atoms with Crippen molar-refractivity contribution in [1.29, 1.82) is 0 Å². The topological polar surface area (TPSA) is 24.5 Å². The summed E-state index contributed by atoms with van der Waals surface area (Å²) in [7, 11) is 0. The number of nitrogens with zero attached hydrogens (tertiary/aromatic N) is 1. The van der Waals surface area contributed by atoms with E-state index in [9.17, 15) is 0 Å². The minimum atomic E-state index is 0.0221. The summed E-state index contributed by atoms with van der Waals surface area (Å²) >= 11 is 0. The van der Waals surface area contributed by atoms with Crippen molar-refractivity contribution in [2.75, 3.05) is 26.3 Å². The first-order valence-corrected chi connectivity index (χ1v) is 8.19. The third-order valence-electron chi connectivity index (χ3n) is 5.33. The smallest absolute Gasteiger partial charge is 0.0647 e. The first-order valence-electron chi connectivity index (χ1n) is 8.19. The van der Waals surface area contributed by atoms with Gasteiger partial charge in [0.1, 0.15) is 0 Å². The Morgan fingerprint density at radius 3 is 2.67 bits per heavy atom. The molecule has 0 spiro atoms. The molecule has 0 aliphatic carbocycles. The maximum atomic E-state index is 5.80. The molecule has 1 aromatic carbocycles. The normalized spacial score (nSPS) is 38.3. The van der Waals surface area contributed by atoms with Crippen molar-refractivity contribution in [3.05, 3.63) is 35.9 Å². The molecule has 3 unspecified atom stereocenters. The number of benzene rings is 1. The minimum Gasteiger partial charge on any atom is -0.380 e. The Kier molecular flexibility index (Phi) is 4.08. The van der Waals surface area contributed by atoms with Gasteiger partial charge in [0, 0.05) is 31.3 Å². The van der Waals surface area contributed by atoms with Crippen LogP contribution in [0.5, 0.6) is 0 Å². The van der Waals surface area contributed by atoms with E-state index in [2.05, 4.69) is 61.3 Å². The average Bonchev–Trinajstić information content (AvgIpc) is 2.51. The molecule has 1 aromatic rings. The summed E-state index contributed by atoms with van der Waals surface area (Å²) < 4.78 is 5.80. The molecular formula is C18H28N2O. The summed E-state index contributed by atoms with van der Waals surface area (Å²) in [5.41, 5.74) is 1.58. The lowest BCUT2D eigenvalue weighted by Gasteiger charge is -2.54. The van der Waals surface area contributed by atoms with Crippen molar-refractivity contribution >= 4 is 0 Å². The Balaban J connectivity index is 1.84. The fourth-order valence-electron chi connectivity index (χ4n) is 3.90. The second kappa shape index (κ2) is 5.71. The van der Waals surface area contributed by atoms with Crippen LogP contribution in [-0.2, 0) is 10.3 Å². The molecule has 0 bridgehead atoms. The van der Waals surface area contributed by atoms with Crippen molar-refractivity contribution in [2.45, 2.75) is 50.7 Å². The molecule has 2 saturated heterocycles. The highest BCUT2D eigenvalue weighted by atomic mass is 16.5. The predicted molar refractivity (Wildman–Crippen MR) is 86.4 cm³/mol. The first kappa shape index (κ1) is 15.0. The van der Waals surface area contributed by atoms with E-state index in [1.54, 1.807) is 0 Å². The molecule has 3 rings (SSSR count). The summed E-state index contributed by atoms with van der Waals surface area (Å²) in [6.07, 6.45) is 2.41. The zero-order valence-electron chi connectivity index (χ0n) is 13.6. The molecule has 116 valence electrons. The number of nitrogens with one attached hydrogen (secondary N) is 1. The Morgan fingerprint density at radius 1 is 1.24 bits per heavy atom. The SMILES string of the molecule is CC1CNC(C)(c2ccccc2)CN1C1(C)CCCOC1. The van der Waals surface area contributed by atoms with Gasteiger partial charge in [0.25, 0.3) is 0 Å². The monoisotopic (exact) mass is 288 g/mol. The van der Waals surface area contributed by atoms with Gasteiger partial charge in [0.15, 0.2) is 0 Å². The van der Waals surface area contributed by atoms with E-state index in [4.69, 9.17) is 4.74 Å². The zero-order valence-corrected chi connectivity index (χ0v) is 13.6. The van der Waals surface area contributed by atoms with E-state index in [-0.39, 0.29) is 11.1 Å². The van der Waals surface area contributed by atoms with Crippen molar-refractivity contribution in [1.82, 2.24) is 10.2 Å². The van der Waals surface area contributed by atoms with Gasteiger partial charge in [0.05, 0.1) is 12.1 Å². The Hall–Kier alpha value is -0.900. The summed E-state index contributed by atoms with van der Waals surface area (Å²) in [6.45, 7) is 10.9. The summed E-state index contributed by atoms with van der Waals surface area (Å²) in [4.78, 5) is 2.68. The van der Waals surface area contributed by atoms with Gasteiger partial charge in [-0.15, -0.1) is 0 Å². The van der Waals surface area contributed by atoms with Crippen molar-refractivity contribution in [2.24, 2.45) is 0 Å². The van der Waals surface area contributed by atoms with E-state index < -0.39 is 0 Å². The second-order valence-corrected chi connectivity index (χ2v) is 7.21. The van der Waals surface area contributed by atoms with Gasteiger partial charge in [-0.3, -0.25) is 4.90 Å². The van der Waals surface area contributed by atoms with Gasteiger partial charge < -0.3 is 10.1 Å². The third kappa shape index (κ3) is 2.87. The molecule has 2 aliphatic heterocycles. The molecule has 0 amide bonds. The van der Waals surface area contributed by atoms with Gasteiger partial charge in [-0.1, -0.05) is 30.3 Å². The Morgan fingerprint density at radius 2 is 2.00 bits per heavy atom. The highest BCUT2D eigenvalue weighted by Crippen LogP contribution is 2.34. The van der Waals surface area contributed by atoms with Gasteiger partial charge in [-0.2, -0.15) is 0 Å². The summed E-state index contributed by atoms with van der Waals surface area (Å²) in [5.74, 6) is 0. The molecule has 0 radical (unpaired) electrons. The molecule has 3 atom stereocenters. The van der Waals surface area contributed by atoms with E-state index in [0.29, 0.717) is 6.04 Å². The van der Waals surface area contributed by atoms with Gasteiger partial charge >= 0.3 is 0 Å². The van der Waals surface area contributed by atoms with Crippen molar-refractivity contribution < 1.29 is 4.74 Å². The Labute approximate surface area is 128 Å². The lowest BCUT2D eigenvalue weighted by Crippen LogP contribution is -2.67. The predicted octanol–water partition coefficient (Wildman–Crippen LogP) is 2.76. The molecule has 21 heavy (non-hydrogen) atoms. The minimum absolute atomic E-state index is 0.0221. The van der Waals surface area contributed by atoms with Crippen LogP contribution in [0.2, 0.25) is 0 Å².